The van der Waals surface area contributed by atoms with Gasteiger partial charge in [-0.2, -0.15) is 0 Å². The van der Waals surface area contributed by atoms with Crippen LogP contribution >= 0.6 is 34.8 Å². The van der Waals surface area contributed by atoms with Crippen molar-refractivity contribution in [2.45, 2.75) is 38.1 Å². The number of hydrogen-bond acceptors (Lipinski definition) is 3. The van der Waals surface area contributed by atoms with E-state index in [4.69, 9.17) is 34.8 Å². The summed E-state index contributed by atoms with van der Waals surface area (Å²) in [7, 11) is 0. The van der Waals surface area contributed by atoms with Crippen LogP contribution in [0, 0.1) is 0 Å². The van der Waals surface area contributed by atoms with Gasteiger partial charge in [-0.05, 0) is 57.2 Å². The number of carbonyl (C=O) groups is 1. The van der Waals surface area contributed by atoms with Crippen molar-refractivity contribution in [2.75, 3.05) is 19.6 Å². The van der Waals surface area contributed by atoms with E-state index in [2.05, 4.69) is 26.9 Å². The highest BCUT2D eigenvalue weighted by atomic mass is 35.5. The molecule has 2 rings (SSSR count). The number of carbonyl (C=O) groups excluding carboxylic acids is 1. The van der Waals surface area contributed by atoms with Gasteiger partial charge in [-0.25, -0.2) is 9.98 Å². The second kappa shape index (κ2) is 11.0. The van der Waals surface area contributed by atoms with Gasteiger partial charge in [0, 0.05) is 42.3 Å². The lowest BCUT2D eigenvalue weighted by molar-refractivity contribution is 0.0934. The molecule has 0 spiro atoms. The van der Waals surface area contributed by atoms with E-state index in [1.807, 2.05) is 6.92 Å². The predicted octanol–water partition coefficient (Wildman–Crippen LogP) is 4.82. The summed E-state index contributed by atoms with van der Waals surface area (Å²) < 4.78 is 0. The lowest BCUT2D eigenvalue weighted by atomic mass is 10.0. The first-order chi connectivity index (χ1) is 13.3. The number of aliphatic imine (C=N–C) groups is 2. The number of benzene rings is 1. The molecule has 1 aromatic carbocycles. The van der Waals surface area contributed by atoms with Crippen LogP contribution in [-0.4, -0.2) is 54.4 Å². The summed E-state index contributed by atoms with van der Waals surface area (Å²) in [6.07, 6.45) is 3.61. The lowest BCUT2D eigenvalue weighted by Gasteiger charge is -2.36. The van der Waals surface area contributed by atoms with E-state index in [0.29, 0.717) is 28.0 Å². The van der Waals surface area contributed by atoms with Gasteiger partial charge in [0.1, 0.15) is 5.84 Å². The van der Waals surface area contributed by atoms with Crippen LogP contribution < -0.4 is 5.32 Å². The van der Waals surface area contributed by atoms with Crippen LogP contribution in [-0.2, 0) is 0 Å². The van der Waals surface area contributed by atoms with Crippen molar-refractivity contribution in [1.29, 1.82) is 0 Å². The second-order valence-corrected chi connectivity index (χ2v) is 8.23. The van der Waals surface area contributed by atoms with Gasteiger partial charge in [-0.1, -0.05) is 23.2 Å². The number of hydrogen-bond donors (Lipinski definition) is 1. The SMILES string of the molecule is C=NC(C)=N/C=C(\C)C(CNC(=O)c1ccc(Cl)cc1Cl)N1CCC(Cl)CC1. The number of alkyl halides is 1. The van der Waals surface area contributed by atoms with E-state index in [-0.39, 0.29) is 17.3 Å². The molecule has 0 aromatic heterocycles. The second-order valence-electron chi connectivity index (χ2n) is 6.77. The van der Waals surface area contributed by atoms with Crippen LogP contribution in [0.15, 0.2) is 40.0 Å². The van der Waals surface area contributed by atoms with Crippen LogP contribution in [0.2, 0.25) is 10.0 Å². The first-order valence-corrected chi connectivity index (χ1v) is 10.3. The largest absolute Gasteiger partial charge is 0.350 e. The monoisotopic (exact) mass is 442 g/mol. The summed E-state index contributed by atoms with van der Waals surface area (Å²) in [5.41, 5.74) is 1.43. The maximum absolute atomic E-state index is 12.6. The molecule has 5 nitrogen and oxygen atoms in total. The summed E-state index contributed by atoms with van der Waals surface area (Å²) in [6.45, 7) is 9.42. The smallest absolute Gasteiger partial charge is 0.252 e. The van der Waals surface area contributed by atoms with E-state index < -0.39 is 0 Å². The van der Waals surface area contributed by atoms with Gasteiger partial charge >= 0.3 is 0 Å². The molecule has 152 valence electrons. The van der Waals surface area contributed by atoms with E-state index in [1.165, 1.54) is 0 Å². The lowest BCUT2D eigenvalue weighted by Crippen LogP contribution is -2.48. The number of halogens is 3. The van der Waals surface area contributed by atoms with Crippen molar-refractivity contribution in [3.05, 3.63) is 45.6 Å². The summed E-state index contributed by atoms with van der Waals surface area (Å²) in [6, 6.07) is 4.84. The highest BCUT2D eigenvalue weighted by Crippen LogP contribution is 2.22. The number of amides is 1. The van der Waals surface area contributed by atoms with Gasteiger partial charge in [0.25, 0.3) is 5.91 Å². The van der Waals surface area contributed by atoms with Gasteiger partial charge in [0.05, 0.1) is 10.6 Å². The van der Waals surface area contributed by atoms with Crippen LogP contribution in [0.25, 0.3) is 0 Å². The molecule has 1 N–H and O–H groups in total. The molecular weight excluding hydrogens is 419 g/mol. The van der Waals surface area contributed by atoms with Gasteiger partial charge in [-0.15, -0.1) is 11.6 Å². The molecular formula is C20H25Cl3N4O. The summed E-state index contributed by atoms with van der Waals surface area (Å²) in [4.78, 5) is 23.0. The zero-order chi connectivity index (χ0) is 20.7. The first-order valence-electron chi connectivity index (χ1n) is 9.11. The van der Waals surface area contributed by atoms with Gasteiger partial charge in [0.15, 0.2) is 0 Å². The minimum absolute atomic E-state index is 0.000516. The normalized spacial score (nSPS) is 18.0. The van der Waals surface area contributed by atoms with Crippen LogP contribution in [0.5, 0.6) is 0 Å². The van der Waals surface area contributed by atoms with Crippen LogP contribution in [0.1, 0.15) is 37.0 Å². The summed E-state index contributed by atoms with van der Waals surface area (Å²) >= 11 is 18.3. The average Bonchev–Trinajstić information content (AvgIpc) is 2.67. The molecule has 1 heterocycles. The predicted molar refractivity (Wildman–Crippen MR) is 119 cm³/mol. The van der Waals surface area contributed by atoms with Gasteiger partial charge < -0.3 is 5.32 Å². The zero-order valence-corrected chi connectivity index (χ0v) is 18.4. The molecule has 0 saturated carbocycles. The molecule has 1 atom stereocenters. The van der Waals surface area contributed by atoms with Crippen LogP contribution in [0.4, 0.5) is 0 Å². The van der Waals surface area contributed by atoms with E-state index >= 15 is 0 Å². The standard InChI is InChI=1S/C20H25Cl3N4O/c1-13(11-25-14(2)24-3)19(27-8-6-15(21)7-9-27)12-26-20(28)17-5-4-16(22)10-18(17)23/h4-5,10-11,15,19H,3,6-9,12H2,1-2H3,(H,26,28)/b13-11+,25-14?. The Labute approximate surface area is 181 Å². The molecule has 1 unspecified atom stereocenters. The number of likely N-dealkylation sites (tertiary alicyclic amines) is 1. The Kier molecular flexibility index (Phi) is 8.96. The Morgan fingerprint density at radius 2 is 2.04 bits per heavy atom. The summed E-state index contributed by atoms with van der Waals surface area (Å²) in [5, 5.41) is 4.01. The number of piperidine rings is 1. The van der Waals surface area contributed by atoms with Gasteiger partial charge in [0.2, 0.25) is 0 Å². The molecule has 1 aliphatic rings. The molecule has 1 fully saturated rings. The first kappa shape index (κ1) is 22.9. The molecule has 1 amide bonds. The quantitative estimate of drug-likeness (QED) is 0.389. The van der Waals surface area contributed by atoms with Crippen molar-refractivity contribution in [3.63, 3.8) is 0 Å². The fourth-order valence-corrected chi connectivity index (χ4v) is 3.73. The van der Waals surface area contributed by atoms with E-state index in [1.54, 1.807) is 31.3 Å². The van der Waals surface area contributed by atoms with Crippen LogP contribution in [0.3, 0.4) is 0 Å². The third-order valence-corrected chi connectivity index (χ3v) is 5.73. The molecule has 1 saturated heterocycles. The van der Waals surface area contributed by atoms with Crippen molar-refractivity contribution in [2.24, 2.45) is 9.98 Å². The molecule has 1 aromatic rings. The van der Waals surface area contributed by atoms with Crippen molar-refractivity contribution in [3.8, 4) is 0 Å². The molecule has 0 aliphatic carbocycles. The fraction of sp³-hybridized carbons (Fsp3) is 0.450. The topological polar surface area (TPSA) is 57.1 Å². The fourth-order valence-electron chi connectivity index (χ4n) is 3.04. The highest BCUT2D eigenvalue weighted by molar-refractivity contribution is 6.36. The number of amidine groups is 1. The maximum atomic E-state index is 12.6. The summed E-state index contributed by atoms with van der Waals surface area (Å²) in [5.74, 6) is 0.355. The Bertz CT molecular complexity index is 771. The van der Waals surface area contributed by atoms with E-state index in [0.717, 1.165) is 31.5 Å². The van der Waals surface area contributed by atoms with Crippen molar-refractivity contribution < 1.29 is 4.79 Å². The van der Waals surface area contributed by atoms with Gasteiger partial charge in [-0.3, -0.25) is 9.69 Å². The Hall–Kier alpha value is -1.40. The third kappa shape index (κ3) is 6.59. The number of nitrogens with zero attached hydrogens (tertiary/aromatic N) is 3. The minimum Gasteiger partial charge on any atom is -0.350 e. The Morgan fingerprint density at radius 1 is 1.36 bits per heavy atom. The Balaban J connectivity index is 2.14. The molecule has 0 radical (unpaired) electrons. The van der Waals surface area contributed by atoms with Crippen molar-refractivity contribution >= 4 is 53.3 Å². The van der Waals surface area contributed by atoms with E-state index in [9.17, 15) is 4.79 Å². The highest BCUT2D eigenvalue weighted by Gasteiger charge is 2.26. The average molecular weight is 444 g/mol. The molecule has 1 aliphatic heterocycles. The number of nitrogens with one attached hydrogen (secondary N) is 1. The third-order valence-electron chi connectivity index (χ3n) is 4.74. The Morgan fingerprint density at radius 3 is 2.64 bits per heavy atom. The van der Waals surface area contributed by atoms with Crippen molar-refractivity contribution in [1.82, 2.24) is 10.2 Å². The molecule has 28 heavy (non-hydrogen) atoms. The minimum atomic E-state index is -0.237. The zero-order valence-electron chi connectivity index (χ0n) is 16.1. The number of rotatable bonds is 6. The molecule has 0 bridgehead atoms. The maximum Gasteiger partial charge on any atom is 0.252 e. The molecule has 8 heteroatoms.